The maximum absolute atomic E-state index is 14.3. The molecule has 1 atom stereocenters. The molecule has 0 saturated carbocycles. The monoisotopic (exact) mass is 474 g/mol. The van der Waals surface area contributed by atoms with Crippen LogP contribution in [0.1, 0.15) is 29.2 Å². The van der Waals surface area contributed by atoms with Gasteiger partial charge in [-0.2, -0.15) is 0 Å². The third-order valence-electron chi connectivity index (χ3n) is 5.11. The normalized spacial score (nSPS) is 12.5. The molecule has 0 radical (unpaired) electrons. The molecule has 0 aromatic heterocycles. The summed E-state index contributed by atoms with van der Waals surface area (Å²) in [5.74, 6) is -0.0933. The zero-order valence-corrected chi connectivity index (χ0v) is 19.5. The minimum Gasteiger partial charge on any atom is -0.489 e. The maximum atomic E-state index is 14.3. The molecule has 3 aromatic carbocycles. The molecule has 176 valence electrons. The predicted molar refractivity (Wildman–Crippen MR) is 126 cm³/mol. The van der Waals surface area contributed by atoms with Crippen LogP contribution in [0.5, 0.6) is 5.75 Å². The van der Waals surface area contributed by atoms with E-state index in [2.05, 4.69) is 10.0 Å². The highest BCUT2D eigenvalue weighted by atomic mass is 32.2. The van der Waals surface area contributed by atoms with Crippen molar-refractivity contribution in [2.24, 2.45) is 0 Å². The average molecular weight is 475 g/mol. The SMILES string of the molecule is C[C@@H](CNS(C)(=O)=O)NCc1ccc(OCc2ccccc2F)c(Cc2ccccc2F)c1. The van der Waals surface area contributed by atoms with Crippen LogP contribution < -0.4 is 14.8 Å². The summed E-state index contributed by atoms with van der Waals surface area (Å²) >= 11 is 0. The van der Waals surface area contributed by atoms with E-state index in [1.165, 1.54) is 12.1 Å². The van der Waals surface area contributed by atoms with Gasteiger partial charge in [-0.05, 0) is 41.8 Å². The summed E-state index contributed by atoms with van der Waals surface area (Å²) in [4.78, 5) is 0. The van der Waals surface area contributed by atoms with Gasteiger partial charge in [-0.15, -0.1) is 0 Å². The Balaban J connectivity index is 1.76. The Bertz CT molecular complexity index is 1190. The first-order valence-electron chi connectivity index (χ1n) is 10.6. The van der Waals surface area contributed by atoms with E-state index in [-0.39, 0.29) is 30.8 Å². The Morgan fingerprint density at radius 1 is 0.909 bits per heavy atom. The highest BCUT2D eigenvalue weighted by Crippen LogP contribution is 2.26. The van der Waals surface area contributed by atoms with Crippen LogP contribution in [0.25, 0.3) is 0 Å². The van der Waals surface area contributed by atoms with Crippen molar-refractivity contribution in [3.63, 3.8) is 0 Å². The van der Waals surface area contributed by atoms with Gasteiger partial charge in [0.1, 0.15) is 24.0 Å². The smallest absolute Gasteiger partial charge is 0.208 e. The van der Waals surface area contributed by atoms with Gasteiger partial charge in [-0.25, -0.2) is 21.9 Å². The Hall–Kier alpha value is -2.81. The van der Waals surface area contributed by atoms with Crippen molar-refractivity contribution < 1.29 is 21.9 Å². The van der Waals surface area contributed by atoms with E-state index in [4.69, 9.17) is 4.74 Å². The zero-order chi connectivity index (χ0) is 23.8. The molecule has 0 fully saturated rings. The van der Waals surface area contributed by atoms with Crippen LogP contribution in [0.3, 0.4) is 0 Å². The van der Waals surface area contributed by atoms with Crippen LogP contribution in [0.2, 0.25) is 0 Å². The summed E-state index contributed by atoms with van der Waals surface area (Å²) in [6, 6.07) is 18.5. The highest BCUT2D eigenvalue weighted by molar-refractivity contribution is 7.88. The Morgan fingerprint density at radius 3 is 2.18 bits per heavy atom. The lowest BCUT2D eigenvalue weighted by molar-refractivity contribution is 0.297. The second-order valence-corrected chi connectivity index (χ2v) is 9.83. The number of nitrogens with one attached hydrogen (secondary N) is 2. The van der Waals surface area contributed by atoms with Gasteiger partial charge in [0.15, 0.2) is 0 Å². The average Bonchev–Trinajstić information content (AvgIpc) is 2.77. The first kappa shape index (κ1) is 24.8. The lowest BCUT2D eigenvalue weighted by Gasteiger charge is -2.17. The maximum Gasteiger partial charge on any atom is 0.208 e. The van der Waals surface area contributed by atoms with Crippen LogP contribution in [0, 0.1) is 11.6 Å². The van der Waals surface area contributed by atoms with Gasteiger partial charge in [0, 0.05) is 31.1 Å². The van der Waals surface area contributed by atoms with Crippen molar-refractivity contribution in [1.29, 1.82) is 0 Å². The number of hydrogen-bond acceptors (Lipinski definition) is 4. The molecule has 0 amide bonds. The fraction of sp³-hybridized carbons (Fsp3) is 0.280. The van der Waals surface area contributed by atoms with Crippen molar-refractivity contribution in [1.82, 2.24) is 10.0 Å². The van der Waals surface area contributed by atoms with Crippen LogP contribution in [0.4, 0.5) is 8.78 Å². The molecule has 0 spiro atoms. The lowest BCUT2D eigenvalue weighted by atomic mass is 10.0. The van der Waals surface area contributed by atoms with E-state index in [1.807, 2.05) is 19.1 Å². The molecule has 3 aromatic rings. The molecular weight excluding hydrogens is 446 g/mol. The Morgan fingerprint density at radius 2 is 1.55 bits per heavy atom. The lowest BCUT2D eigenvalue weighted by Crippen LogP contribution is -2.38. The molecule has 0 heterocycles. The molecule has 5 nitrogen and oxygen atoms in total. The standard InChI is InChI=1S/C25H28F2N2O3S/c1-18(15-29-33(2,30)31)28-16-19-11-12-25(32-17-21-8-4-6-10-24(21)27)22(13-19)14-20-7-3-5-9-23(20)26/h3-13,18,28-29H,14-17H2,1-2H3/t18-/m0/s1. The molecule has 0 aliphatic heterocycles. The number of hydrogen-bond donors (Lipinski definition) is 2. The van der Waals surface area contributed by atoms with Crippen LogP contribution >= 0.6 is 0 Å². The number of halogens is 2. The van der Waals surface area contributed by atoms with E-state index in [0.29, 0.717) is 29.8 Å². The van der Waals surface area contributed by atoms with E-state index < -0.39 is 10.0 Å². The summed E-state index contributed by atoms with van der Waals surface area (Å²) in [5, 5.41) is 3.27. The summed E-state index contributed by atoms with van der Waals surface area (Å²) in [7, 11) is -3.25. The summed E-state index contributed by atoms with van der Waals surface area (Å²) in [5.41, 5.74) is 2.68. The van der Waals surface area contributed by atoms with E-state index >= 15 is 0 Å². The van der Waals surface area contributed by atoms with Crippen LogP contribution in [0.15, 0.2) is 66.7 Å². The van der Waals surface area contributed by atoms with Gasteiger partial charge in [-0.3, -0.25) is 0 Å². The van der Waals surface area contributed by atoms with Crippen LogP contribution in [-0.2, 0) is 29.6 Å². The largest absolute Gasteiger partial charge is 0.489 e. The Kier molecular flexibility index (Phi) is 8.55. The van der Waals surface area contributed by atoms with Crippen LogP contribution in [-0.4, -0.2) is 27.3 Å². The summed E-state index contributed by atoms with van der Waals surface area (Å²) in [6.45, 7) is 2.70. The second kappa shape index (κ2) is 11.4. The van der Waals surface area contributed by atoms with Gasteiger partial charge in [0.25, 0.3) is 0 Å². The fourth-order valence-electron chi connectivity index (χ4n) is 3.28. The second-order valence-electron chi connectivity index (χ2n) is 7.99. The van der Waals surface area contributed by atoms with Crippen molar-refractivity contribution >= 4 is 10.0 Å². The number of benzene rings is 3. The van der Waals surface area contributed by atoms with Gasteiger partial charge in [-0.1, -0.05) is 48.5 Å². The fourth-order valence-corrected chi connectivity index (χ4v) is 3.83. The summed E-state index contributed by atoms with van der Waals surface area (Å²) in [6.07, 6.45) is 1.44. The number of sulfonamides is 1. The minimum absolute atomic E-state index is 0.0583. The molecule has 0 bridgehead atoms. The summed E-state index contributed by atoms with van der Waals surface area (Å²) < 4.78 is 59.2. The molecule has 0 unspecified atom stereocenters. The van der Waals surface area contributed by atoms with Gasteiger partial charge in [0.05, 0.1) is 6.26 Å². The van der Waals surface area contributed by atoms with Gasteiger partial charge >= 0.3 is 0 Å². The zero-order valence-electron chi connectivity index (χ0n) is 18.6. The van der Waals surface area contributed by atoms with Gasteiger partial charge in [0.2, 0.25) is 10.0 Å². The minimum atomic E-state index is -3.25. The van der Waals surface area contributed by atoms with E-state index in [0.717, 1.165) is 17.4 Å². The van der Waals surface area contributed by atoms with E-state index in [9.17, 15) is 17.2 Å². The molecular formula is C25H28F2N2O3S. The molecule has 3 rings (SSSR count). The quantitative estimate of drug-likeness (QED) is 0.438. The van der Waals surface area contributed by atoms with E-state index in [1.54, 1.807) is 42.5 Å². The molecule has 33 heavy (non-hydrogen) atoms. The third-order valence-corrected chi connectivity index (χ3v) is 5.80. The predicted octanol–water partition coefficient (Wildman–Crippen LogP) is 4.16. The highest BCUT2D eigenvalue weighted by Gasteiger charge is 2.12. The van der Waals surface area contributed by atoms with Gasteiger partial charge < -0.3 is 10.1 Å². The molecule has 0 aliphatic rings. The van der Waals surface area contributed by atoms with Crippen molar-refractivity contribution in [2.45, 2.75) is 32.5 Å². The van der Waals surface area contributed by atoms with Crippen molar-refractivity contribution in [3.05, 3.63) is 101 Å². The number of ether oxygens (including phenoxy) is 1. The third kappa shape index (κ3) is 7.92. The van der Waals surface area contributed by atoms with Crippen molar-refractivity contribution in [3.8, 4) is 5.75 Å². The Labute approximate surface area is 193 Å². The first-order chi connectivity index (χ1) is 15.7. The molecule has 0 saturated heterocycles. The molecule has 0 aliphatic carbocycles. The molecule has 2 N–H and O–H groups in total. The van der Waals surface area contributed by atoms with Crippen molar-refractivity contribution in [2.75, 3.05) is 12.8 Å². The molecule has 8 heteroatoms. The topological polar surface area (TPSA) is 67.4 Å². The number of rotatable bonds is 11. The first-order valence-corrected chi connectivity index (χ1v) is 12.5.